The first-order chi connectivity index (χ1) is 12.0. The molecule has 6 nitrogen and oxygen atoms in total. The molecule has 2 heterocycles. The Bertz CT molecular complexity index is 849. The Morgan fingerprint density at radius 3 is 2.68 bits per heavy atom. The lowest BCUT2D eigenvalue weighted by atomic mass is 9.95. The predicted octanol–water partition coefficient (Wildman–Crippen LogP) is 2.27. The number of imidazole rings is 1. The Labute approximate surface area is 147 Å². The van der Waals surface area contributed by atoms with E-state index in [-0.39, 0.29) is 17.9 Å². The van der Waals surface area contributed by atoms with Crippen LogP contribution in [0.15, 0.2) is 12.1 Å². The molecule has 0 saturated heterocycles. The van der Waals surface area contributed by atoms with Crippen LogP contribution < -0.4 is 10.6 Å². The second kappa shape index (κ2) is 6.17. The highest BCUT2D eigenvalue weighted by molar-refractivity contribution is 6.04. The van der Waals surface area contributed by atoms with Gasteiger partial charge in [0.15, 0.2) is 6.04 Å². The van der Waals surface area contributed by atoms with Gasteiger partial charge in [0, 0.05) is 6.04 Å². The van der Waals surface area contributed by atoms with Crippen LogP contribution >= 0.6 is 0 Å². The third kappa shape index (κ3) is 2.79. The summed E-state index contributed by atoms with van der Waals surface area (Å²) >= 11 is 0. The van der Waals surface area contributed by atoms with E-state index in [4.69, 9.17) is 0 Å². The van der Waals surface area contributed by atoms with Gasteiger partial charge in [0.1, 0.15) is 5.82 Å². The minimum absolute atomic E-state index is 0.179. The third-order valence-corrected chi connectivity index (χ3v) is 5.51. The van der Waals surface area contributed by atoms with Crippen molar-refractivity contribution in [1.82, 2.24) is 20.2 Å². The molecule has 132 valence electrons. The molecule has 4 rings (SSSR count). The van der Waals surface area contributed by atoms with Crippen LogP contribution in [0, 0.1) is 13.8 Å². The van der Waals surface area contributed by atoms with Gasteiger partial charge >= 0.3 is 0 Å². The van der Waals surface area contributed by atoms with Crippen LogP contribution in [0.4, 0.5) is 0 Å². The molecule has 1 aromatic carbocycles. The summed E-state index contributed by atoms with van der Waals surface area (Å²) in [5.41, 5.74) is 3.99. The maximum Gasteiger partial charge on any atom is 0.253 e. The van der Waals surface area contributed by atoms with Crippen molar-refractivity contribution in [2.75, 3.05) is 0 Å². The first-order valence-electron chi connectivity index (χ1n) is 9.11. The number of rotatable bonds is 2. The number of aryl methyl sites for hydroxylation is 2. The van der Waals surface area contributed by atoms with Gasteiger partial charge in [0.2, 0.25) is 0 Å². The van der Waals surface area contributed by atoms with E-state index in [1.54, 1.807) is 0 Å². The van der Waals surface area contributed by atoms with Gasteiger partial charge in [-0.05, 0) is 49.9 Å². The van der Waals surface area contributed by atoms with Crippen LogP contribution in [0.1, 0.15) is 55.1 Å². The molecule has 1 fully saturated rings. The zero-order valence-electron chi connectivity index (χ0n) is 14.8. The zero-order valence-corrected chi connectivity index (χ0v) is 14.8. The molecule has 1 atom stereocenters. The molecule has 2 N–H and O–H groups in total. The molecular formula is C19H24N4O2. The second-order valence-corrected chi connectivity index (χ2v) is 7.29. The molecule has 6 heteroatoms. The molecule has 1 aromatic heterocycles. The fourth-order valence-electron chi connectivity index (χ4n) is 3.96. The molecule has 0 spiro atoms. The largest absolute Gasteiger partial charge is 0.351 e. The number of amides is 2. The molecule has 0 bridgehead atoms. The quantitative estimate of drug-likeness (QED) is 0.824. The Morgan fingerprint density at radius 2 is 1.92 bits per heavy atom. The number of benzene rings is 1. The van der Waals surface area contributed by atoms with E-state index in [9.17, 15) is 9.59 Å². The average molecular weight is 340 g/mol. The summed E-state index contributed by atoms with van der Waals surface area (Å²) in [4.78, 5) is 30.1. The first kappa shape index (κ1) is 16.1. The number of aromatic nitrogens is 2. The normalized spacial score (nSPS) is 21.0. The lowest BCUT2D eigenvalue weighted by Crippen LogP contribution is -2.49. The van der Waals surface area contributed by atoms with Crippen LogP contribution in [0.2, 0.25) is 0 Å². The van der Waals surface area contributed by atoms with E-state index in [1.807, 2.05) is 30.5 Å². The molecule has 2 aliphatic rings. The second-order valence-electron chi connectivity index (χ2n) is 7.29. The number of nitrogens with zero attached hydrogens (tertiary/aromatic N) is 2. The summed E-state index contributed by atoms with van der Waals surface area (Å²) in [7, 11) is 0. The average Bonchev–Trinajstić information content (AvgIpc) is 2.93. The highest BCUT2D eigenvalue weighted by atomic mass is 16.2. The van der Waals surface area contributed by atoms with Crippen molar-refractivity contribution in [2.45, 2.75) is 64.6 Å². The number of fused-ring (bicyclic) bond motifs is 3. The smallest absolute Gasteiger partial charge is 0.253 e. The summed E-state index contributed by atoms with van der Waals surface area (Å²) in [5.74, 6) is 0.268. The Kier molecular flexibility index (Phi) is 3.98. The SMILES string of the molecule is Cc1cc2nc3n(c2cc1C)C(C(=O)NC1CCCCC1)C(=O)NC3. The van der Waals surface area contributed by atoms with Gasteiger partial charge in [-0.1, -0.05) is 19.3 Å². The Hall–Kier alpha value is -2.37. The summed E-state index contributed by atoms with van der Waals surface area (Å²) in [5, 5.41) is 5.91. The van der Waals surface area contributed by atoms with Crippen molar-refractivity contribution in [3.8, 4) is 0 Å². The highest BCUT2D eigenvalue weighted by Crippen LogP contribution is 2.28. The third-order valence-electron chi connectivity index (χ3n) is 5.51. The lowest BCUT2D eigenvalue weighted by Gasteiger charge is -2.28. The minimum Gasteiger partial charge on any atom is -0.351 e. The maximum atomic E-state index is 12.9. The minimum atomic E-state index is -0.877. The first-order valence-corrected chi connectivity index (χ1v) is 9.11. The van der Waals surface area contributed by atoms with E-state index in [0.29, 0.717) is 6.54 Å². The van der Waals surface area contributed by atoms with Crippen molar-refractivity contribution in [1.29, 1.82) is 0 Å². The van der Waals surface area contributed by atoms with E-state index in [2.05, 4.69) is 15.6 Å². The highest BCUT2D eigenvalue weighted by Gasteiger charge is 2.36. The zero-order chi connectivity index (χ0) is 17.6. The molecule has 2 aromatic rings. The molecule has 1 aliphatic carbocycles. The van der Waals surface area contributed by atoms with Crippen molar-refractivity contribution in [3.63, 3.8) is 0 Å². The summed E-state index contributed by atoms with van der Waals surface area (Å²) in [6.45, 7) is 4.44. The fraction of sp³-hybridized carbons (Fsp3) is 0.526. The lowest BCUT2D eigenvalue weighted by molar-refractivity contribution is -0.135. The van der Waals surface area contributed by atoms with Crippen LogP contribution in [0.5, 0.6) is 0 Å². The van der Waals surface area contributed by atoms with Gasteiger partial charge in [-0.15, -0.1) is 0 Å². The number of hydrogen-bond donors (Lipinski definition) is 2. The maximum absolute atomic E-state index is 12.9. The van der Waals surface area contributed by atoms with Crippen LogP contribution in [-0.2, 0) is 16.1 Å². The van der Waals surface area contributed by atoms with Gasteiger partial charge in [-0.25, -0.2) is 4.98 Å². The molecule has 0 radical (unpaired) electrons. The molecule has 2 amide bonds. The standard InChI is InChI=1S/C19H24N4O2/c1-11-8-14-15(9-12(11)2)23-16(22-14)10-20-18(24)17(23)19(25)21-13-6-4-3-5-7-13/h8-9,13,17H,3-7,10H2,1-2H3,(H,20,24)(H,21,25). The van der Waals surface area contributed by atoms with Gasteiger partial charge in [0.05, 0.1) is 17.6 Å². The van der Waals surface area contributed by atoms with E-state index in [0.717, 1.165) is 53.7 Å². The van der Waals surface area contributed by atoms with Gasteiger partial charge in [-0.3, -0.25) is 9.59 Å². The molecule has 1 unspecified atom stereocenters. The number of nitrogens with one attached hydrogen (secondary N) is 2. The summed E-state index contributed by atoms with van der Waals surface area (Å²) < 4.78 is 1.82. The number of carbonyl (C=O) groups is 2. The summed E-state index contributed by atoms with van der Waals surface area (Å²) in [6.07, 6.45) is 5.50. The summed E-state index contributed by atoms with van der Waals surface area (Å²) in [6, 6.07) is 3.35. The molecule has 1 aliphatic heterocycles. The van der Waals surface area contributed by atoms with Crippen molar-refractivity contribution < 1.29 is 9.59 Å². The Morgan fingerprint density at radius 1 is 1.20 bits per heavy atom. The topological polar surface area (TPSA) is 76.0 Å². The monoisotopic (exact) mass is 340 g/mol. The number of carbonyl (C=O) groups excluding carboxylic acids is 2. The van der Waals surface area contributed by atoms with Gasteiger partial charge in [-0.2, -0.15) is 0 Å². The van der Waals surface area contributed by atoms with Gasteiger partial charge < -0.3 is 15.2 Å². The van der Waals surface area contributed by atoms with E-state index in [1.165, 1.54) is 6.42 Å². The molecular weight excluding hydrogens is 316 g/mol. The predicted molar refractivity (Wildman–Crippen MR) is 95.1 cm³/mol. The molecule has 1 saturated carbocycles. The van der Waals surface area contributed by atoms with Crippen molar-refractivity contribution in [3.05, 3.63) is 29.1 Å². The Balaban J connectivity index is 1.72. The van der Waals surface area contributed by atoms with Crippen LogP contribution in [-0.4, -0.2) is 27.4 Å². The van der Waals surface area contributed by atoms with E-state index < -0.39 is 6.04 Å². The number of hydrogen-bond acceptors (Lipinski definition) is 3. The van der Waals surface area contributed by atoms with Crippen LogP contribution in [0.3, 0.4) is 0 Å². The molecule has 25 heavy (non-hydrogen) atoms. The fourth-order valence-corrected chi connectivity index (χ4v) is 3.96. The van der Waals surface area contributed by atoms with Gasteiger partial charge in [0.25, 0.3) is 11.8 Å². The van der Waals surface area contributed by atoms with E-state index >= 15 is 0 Å². The van der Waals surface area contributed by atoms with Crippen molar-refractivity contribution >= 4 is 22.8 Å². The van der Waals surface area contributed by atoms with Crippen LogP contribution in [0.25, 0.3) is 11.0 Å². The van der Waals surface area contributed by atoms with Crippen molar-refractivity contribution in [2.24, 2.45) is 0 Å².